The van der Waals surface area contributed by atoms with Crippen molar-refractivity contribution < 1.29 is 0 Å². The highest BCUT2D eigenvalue weighted by Gasteiger charge is 2.11. The number of aryl methyl sites for hydroxylation is 1. The van der Waals surface area contributed by atoms with Gasteiger partial charge in [-0.1, -0.05) is 60.1 Å². The van der Waals surface area contributed by atoms with Crippen LogP contribution in [0.1, 0.15) is 17.0 Å². The molecule has 4 rings (SSSR count). The summed E-state index contributed by atoms with van der Waals surface area (Å²) in [4.78, 5) is 0. The summed E-state index contributed by atoms with van der Waals surface area (Å²) in [5.74, 6) is 0.686. The predicted molar refractivity (Wildman–Crippen MR) is 113 cm³/mol. The van der Waals surface area contributed by atoms with Crippen molar-refractivity contribution in [2.24, 2.45) is 5.10 Å². The third kappa shape index (κ3) is 3.81. The first kappa shape index (κ1) is 18.3. The Morgan fingerprint density at radius 2 is 1.89 bits per heavy atom. The van der Waals surface area contributed by atoms with E-state index in [0.29, 0.717) is 17.1 Å². The van der Waals surface area contributed by atoms with Gasteiger partial charge in [-0.3, -0.25) is 9.78 Å². The van der Waals surface area contributed by atoms with E-state index in [4.69, 9.17) is 28.9 Å². The Kier molecular flexibility index (Phi) is 5.18. The summed E-state index contributed by atoms with van der Waals surface area (Å²) >= 11 is 11.5. The normalized spacial score (nSPS) is 11.4. The lowest BCUT2D eigenvalue weighted by Crippen LogP contribution is -2.00. The highest BCUT2D eigenvalue weighted by atomic mass is 35.5. The number of hydrogen-bond acceptors (Lipinski definition) is 4. The summed E-state index contributed by atoms with van der Waals surface area (Å²) in [7, 11) is 0. The van der Waals surface area contributed by atoms with Crippen LogP contribution in [0.4, 0.5) is 0 Å². The highest BCUT2D eigenvalue weighted by Crippen LogP contribution is 2.22. The van der Waals surface area contributed by atoms with Crippen LogP contribution in [0.15, 0.2) is 65.9 Å². The van der Waals surface area contributed by atoms with Gasteiger partial charge in [-0.25, -0.2) is 0 Å². The maximum Gasteiger partial charge on any atom is 0.216 e. The number of aromatic nitrogens is 5. The van der Waals surface area contributed by atoms with E-state index in [1.165, 1.54) is 0 Å². The molecule has 0 unspecified atom stereocenters. The van der Waals surface area contributed by atoms with Gasteiger partial charge in [0.2, 0.25) is 4.77 Å². The van der Waals surface area contributed by atoms with E-state index in [9.17, 15) is 0 Å². The van der Waals surface area contributed by atoms with Gasteiger partial charge in [-0.15, -0.1) is 0 Å². The average Bonchev–Trinajstić information content (AvgIpc) is 3.25. The van der Waals surface area contributed by atoms with Crippen LogP contribution in [0.5, 0.6) is 0 Å². The number of H-pyrrole nitrogens is 1. The third-order valence-corrected chi connectivity index (χ3v) is 4.88. The van der Waals surface area contributed by atoms with E-state index in [2.05, 4.69) is 15.3 Å². The van der Waals surface area contributed by atoms with Gasteiger partial charge in [-0.2, -0.15) is 20.0 Å². The minimum Gasteiger partial charge on any atom is -0.267 e. The standard InChI is InChI=1S/C20H17ClN6S/c1-14-23-24-20(28)27(14)22-11-17-13-26(12-16-9-5-6-10-18(16)21)25-19(17)15-7-3-2-4-8-15/h2-11,13H,12H2,1H3,(H,24,28)/b22-11-. The molecule has 2 heterocycles. The molecule has 2 aromatic carbocycles. The van der Waals surface area contributed by atoms with E-state index in [1.807, 2.05) is 72.4 Å². The molecule has 0 spiro atoms. The largest absolute Gasteiger partial charge is 0.267 e. The van der Waals surface area contributed by atoms with Crippen LogP contribution in [0.2, 0.25) is 5.02 Å². The van der Waals surface area contributed by atoms with Crippen molar-refractivity contribution in [1.82, 2.24) is 24.7 Å². The predicted octanol–water partition coefficient (Wildman–Crippen LogP) is 4.70. The van der Waals surface area contributed by atoms with Crippen LogP contribution in [-0.2, 0) is 6.54 Å². The van der Waals surface area contributed by atoms with Crippen molar-refractivity contribution in [3.63, 3.8) is 0 Å². The van der Waals surface area contributed by atoms with Crippen molar-refractivity contribution in [1.29, 1.82) is 0 Å². The van der Waals surface area contributed by atoms with E-state index in [0.717, 1.165) is 27.4 Å². The molecule has 0 saturated heterocycles. The molecule has 6 nitrogen and oxygen atoms in total. The van der Waals surface area contributed by atoms with Crippen LogP contribution < -0.4 is 0 Å². The fourth-order valence-electron chi connectivity index (χ4n) is 2.86. The molecule has 0 bridgehead atoms. The zero-order valence-electron chi connectivity index (χ0n) is 15.1. The molecule has 0 atom stereocenters. The molecular weight excluding hydrogens is 392 g/mol. The number of nitrogens with one attached hydrogen (secondary N) is 1. The Balaban J connectivity index is 1.75. The molecule has 0 fully saturated rings. The summed E-state index contributed by atoms with van der Waals surface area (Å²) in [6, 6.07) is 17.8. The lowest BCUT2D eigenvalue weighted by atomic mass is 10.1. The van der Waals surface area contributed by atoms with Crippen LogP contribution in [0, 0.1) is 11.7 Å². The average molecular weight is 409 g/mol. The molecule has 0 aliphatic carbocycles. The zero-order chi connectivity index (χ0) is 19.5. The number of halogens is 1. The molecule has 28 heavy (non-hydrogen) atoms. The van der Waals surface area contributed by atoms with Gasteiger partial charge in [0.05, 0.1) is 12.8 Å². The SMILES string of the molecule is Cc1n[nH]c(=S)n1/N=C\c1cn(Cc2ccccc2Cl)nc1-c1ccccc1. The van der Waals surface area contributed by atoms with Crippen molar-refractivity contribution in [2.75, 3.05) is 0 Å². The lowest BCUT2D eigenvalue weighted by molar-refractivity contribution is 0.689. The van der Waals surface area contributed by atoms with E-state index in [-0.39, 0.29) is 0 Å². The second-order valence-corrected chi connectivity index (χ2v) is 7.01. The molecule has 0 aliphatic rings. The number of rotatable bonds is 5. The molecule has 8 heteroatoms. The molecule has 2 aromatic heterocycles. The molecule has 140 valence electrons. The lowest BCUT2D eigenvalue weighted by Gasteiger charge is -2.04. The van der Waals surface area contributed by atoms with Gasteiger partial charge < -0.3 is 0 Å². The van der Waals surface area contributed by atoms with Gasteiger partial charge in [-0.05, 0) is 30.8 Å². The smallest absolute Gasteiger partial charge is 0.216 e. The highest BCUT2D eigenvalue weighted by molar-refractivity contribution is 7.71. The fraction of sp³-hybridized carbons (Fsp3) is 0.100. The number of benzene rings is 2. The summed E-state index contributed by atoms with van der Waals surface area (Å²) in [5.41, 5.74) is 3.72. The van der Waals surface area contributed by atoms with Gasteiger partial charge in [0.25, 0.3) is 0 Å². The maximum atomic E-state index is 6.31. The summed E-state index contributed by atoms with van der Waals surface area (Å²) in [6.07, 6.45) is 3.70. The van der Waals surface area contributed by atoms with E-state index < -0.39 is 0 Å². The van der Waals surface area contributed by atoms with Crippen LogP contribution in [0.3, 0.4) is 0 Å². The van der Waals surface area contributed by atoms with E-state index in [1.54, 1.807) is 10.9 Å². The maximum absolute atomic E-state index is 6.31. The Morgan fingerprint density at radius 1 is 1.14 bits per heavy atom. The van der Waals surface area contributed by atoms with E-state index >= 15 is 0 Å². The van der Waals surface area contributed by atoms with Gasteiger partial charge in [0, 0.05) is 22.3 Å². The molecule has 0 amide bonds. The summed E-state index contributed by atoms with van der Waals surface area (Å²) in [5, 5.41) is 16.8. The van der Waals surface area contributed by atoms with Crippen molar-refractivity contribution in [3.8, 4) is 11.3 Å². The van der Waals surface area contributed by atoms with Crippen LogP contribution in [-0.4, -0.2) is 30.9 Å². The van der Waals surface area contributed by atoms with Crippen LogP contribution >= 0.6 is 23.8 Å². The Hall–Kier alpha value is -3.03. The molecule has 1 N–H and O–H groups in total. The topological polar surface area (TPSA) is 63.8 Å². The Bertz CT molecular complexity index is 1190. The number of nitrogens with zero attached hydrogens (tertiary/aromatic N) is 5. The minimum absolute atomic E-state index is 0.443. The van der Waals surface area contributed by atoms with Gasteiger partial charge in [0.15, 0.2) is 0 Å². The fourth-order valence-corrected chi connectivity index (χ4v) is 3.28. The first-order valence-electron chi connectivity index (χ1n) is 8.66. The molecule has 0 radical (unpaired) electrons. The Morgan fingerprint density at radius 3 is 2.61 bits per heavy atom. The third-order valence-electron chi connectivity index (χ3n) is 4.25. The van der Waals surface area contributed by atoms with Gasteiger partial charge >= 0.3 is 0 Å². The first-order chi connectivity index (χ1) is 13.6. The second kappa shape index (κ2) is 7.92. The first-order valence-corrected chi connectivity index (χ1v) is 9.45. The Labute approximate surface area is 172 Å². The second-order valence-electron chi connectivity index (χ2n) is 6.22. The number of aromatic amines is 1. The zero-order valence-corrected chi connectivity index (χ0v) is 16.7. The van der Waals surface area contributed by atoms with Crippen molar-refractivity contribution in [2.45, 2.75) is 13.5 Å². The molecule has 0 aliphatic heterocycles. The molecule has 4 aromatic rings. The number of hydrogen-bond donors (Lipinski definition) is 1. The summed E-state index contributed by atoms with van der Waals surface area (Å²) < 4.78 is 3.89. The van der Waals surface area contributed by atoms with Crippen molar-refractivity contribution in [3.05, 3.63) is 87.5 Å². The monoisotopic (exact) mass is 408 g/mol. The minimum atomic E-state index is 0.443. The quantitative estimate of drug-likeness (QED) is 0.384. The van der Waals surface area contributed by atoms with Crippen molar-refractivity contribution >= 4 is 30.0 Å². The van der Waals surface area contributed by atoms with Crippen LogP contribution in [0.25, 0.3) is 11.3 Å². The molecule has 0 saturated carbocycles. The van der Waals surface area contributed by atoms with Gasteiger partial charge in [0.1, 0.15) is 11.5 Å². The molecular formula is C20H17ClN6S. The summed E-state index contributed by atoms with van der Waals surface area (Å²) in [6.45, 7) is 2.40.